The number of thioether (sulfide) groups is 1. The van der Waals surface area contributed by atoms with Gasteiger partial charge in [-0.25, -0.2) is 0 Å². The molecule has 0 bridgehead atoms. The Hall–Kier alpha value is 0.0300. The number of fused-ring (bicyclic) bond motifs is 1. The molecule has 0 aromatic carbocycles. The number of nitrogens with zero attached hydrogens (tertiary/aromatic N) is 1. The second-order valence-corrected chi connectivity index (χ2v) is 7.38. The first kappa shape index (κ1) is 16.4. The molecule has 2 heterocycles. The number of nitrogens with two attached hydrogens (primary N) is 1. The van der Waals surface area contributed by atoms with Gasteiger partial charge in [0.25, 0.3) is 0 Å². The zero-order valence-electron chi connectivity index (χ0n) is 11.9. The van der Waals surface area contributed by atoms with E-state index in [0.29, 0.717) is 37.3 Å². The van der Waals surface area contributed by atoms with Crippen LogP contribution in [0.1, 0.15) is 38.5 Å². The first-order chi connectivity index (χ1) is 9.21. The number of rotatable bonds is 1. The summed E-state index contributed by atoms with van der Waals surface area (Å²) < 4.78 is 5.35. The summed E-state index contributed by atoms with van der Waals surface area (Å²) >= 11 is 2.05. The summed E-state index contributed by atoms with van der Waals surface area (Å²) in [5.41, 5.74) is 5.71. The number of ether oxygens (including phenoxy) is 1. The molecule has 0 aromatic rings. The topological polar surface area (TPSA) is 55.6 Å². The molecule has 6 heteroatoms. The molecule has 1 amide bonds. The Balaban J connectivity index is 0.00000147. The number of amides is 1. The fourth-order valence-electron chi connectivity index (χ4n) is 3.58. The minimum Gasteiger partial charge on any atom is -0.381 e. The van der Waals surface area contributed by atoms with Crippen molar-refractivity contribution in [2.45, 2.75) is 55.4 Å². The Kier molecular flexibility index (Phi) is 5.63. The van der Waals surface area contributed by atoms with Crippen LogP contribution in [-0.2, 0) is 9.53 Å². The molecular weight excluding hydrogens is 296 g/mol. The molecule has 116 valence electrons. The van der Waals surface area contributed by atoms with Crippen molar-refractivity contribution in [2.24, 2.45) is 5.73 Å². The molecular formula is C14H25ClN2O2S. The third-order valence-electron chi connectivity index (χ3n) is 4.80. The van der Waals surface area contributed by atoms with E-state index >= 15 is 0 Å². The van der Waals surface area contributed by atoms with E-state index in [9.17, 15) is 4.79 Å². The van der Waals surface area contributed by atoms with Gasteiger partial charge in [0, 0.05) is 36.8 Å². The van der Waals surface area contributed by atoms with Gasteiger partial charge in [-0.05, 0) is 25.7 Å². The summed E-state index contributed by atoms with van der Waals surface area (Å²) in [6, 6.07) is 0.434. The van der Waals surface area contributed by atoms with E-state index in [2.05, 4.69) is 16.7 Å². The van der Waals surface area contributed by atoms with Crippen LogP contribution >= 0.6 is 24.2 Å². The minimum absolute atomic E-state index is 0. The number of hydrogen-bond acceptors (Lipinski definition) is 4. The quantitative estimate of drug-likeness (QED) is 0.800. The monoisotopic (exact) mass is 320 g/mol. The average Bonchev–Trinajstić information content (AvgIpc) is 2.47. The van der Waals surface area contributed by atoms with Crippen molar-refractivity contribution < 1.29 is 9.53 Å². The number of carbonyl (C=O) groups excluding carboxylic acids is 1. The highest BCUT2D eigenvalue weighted by molar-refractivity contribution is 8.00. The van der Waals surface area contributed by atoms with Crippen molar-refractivity contribution >= 4 is 30.1 Å². The smallest absolute Gasteiger partial charge is 0.243 e. The van der Waals surface area contributed by atoms with Crippen LogP contribution in [0.3, 0.4) is 0 Å². The van der Waals surface area contributed by atoms with Crippen LogP contribution in [0.2, 0.25) is 0 Å². The molecule has 2 N–H and O–H groups in total. The number of carbonyl (C=O) groups is 1. The second kappa shape index (κ2) is 6.86. The van der Waals surface area contributed by atoms with Crippen molar-refractivity contribution in [1.82, 2.24) is 4.90 Å². The van der Waals surface area contributed by atoms with E-state index < -0.39 is 5.54 Å². The average molecular weight is 321 g/mol. The van der Waals surface area contributed by atoms with Crippen LogP contribution in [0.25, 0.3) is 0 Å². The largest absolute Gasteiger partial charge is 0.381 e. The van der Waals surface area contributed by atoms with Crippen molar-refractivity contribution in [3.05, 3.63) is 0 Å². The van der Waals surface area contributed by atoms with Gasteiger partial charge in [0.1, 0.15) is 0 Å². The molecule has 2 atom stereocenters. The molecule has 1 saturated carbocycles. The van der Waals surface area contributed by atoms with Crippen molar-refractivity contribution in [2.75, 3.05) is 25.5 Å². The molecule has 20 heavy (non-hydrogen) atoms. The zero-order valence-corrected chi connectivity index (χ0v) is 13.5. The van der Waals surface area contributed by atoms with Gasteiger partial charge in [0.05, 0.1) is 5.54 Å². The van der Waals surface area contributed by atoms with Gasteiger partial charge in [-0.1, -0.05) is 12.8 Å². The SMILES string of the molecule is Cl.NC1(C(=O)N2CCSC3CCCCC32)CCOCC1. The maximum absolute atomic E-state index is 12.9. The number of halogens is 1. The third-order valence-corrected chi connectivity index (χ3v) is 6.20. The van der Waals surface area contributed by atoms with E-state index in [1.54, 1.807) is 0 Å². The molecule has 0 radical (unpaired) electrons. The Morgan fingerprint density at radius 2 is 1.95 bits per heavy atom. The van der Waals surface area contributed by atoms with Gasteiger partial charge < -0.3 is 15.4 Å². The van der Waals surface area contributed by atoms with Crippen LogP contribution in [0, 0.1) is 0 Å². The lowest BCUT2D eigenvalue weighted by Crippen LogP contribution is -2.63. The van der Waals surface area contributed by atoms with Crippen molar-refractivity contribution in [3.8, 4) is 0 Å². The van der Waals surface area contributed by atoms with Gasteiger partial charge in [0.15, 0.2) is 0 Å². The lowest BCUT2D eigenvalue weighted by molar-refractivity contribution is -0.143. The molecule has 0 aromatic heterocycles. The van der Waals surface area contributed by atoms with E-state index in [0.717, 1.165) is 18.7 Å². The molecule has 1 aliphatic carbocycles. The summed E-state index contributed by atoms with van der Waals surface area (Å²) in [5, 5.41) is 0.648. The first-order valence-corrected chi connectivity index (χ1v) is 8.55. The Morgan fingerprint density at radius 1 is 1.25 bits per heavy atom. The van der Waals surface area contributed by atoms with Crippen LogP contribution in [0.5, 0.6) is 0 Å². The fourth-order valence-corrected chi connectivity index (χ4v) is 5.03. The van der Waals surface area contributed by atoms with Crippen LogP contribution in [0.4, 0.5) is 0 Å². The van der Waals surface area contributed by atoms with Gasteiger partial charge >= 0.3 is 0 Å². The summed E-state index contributed by atoms with van der Waals surface area (Å²) in [4.78, 5) is 15.0. The highest BCUT2D eigenvalue weighted by atomic mass is 35.5. The van der Waals surface area contributed by atoms with E-state index in [-0.39, 0.29) is 18.3 Å². The number of hydrogen-bond donors (Lipinski definition) is 1. The first-order valence-electron chi connectivity index (χ1n) is 7.50. The summed E-state index contributed by atoms with van der Waals surface area (Å²) in [5.74, 6) is 1.26. The summed E-state index contributed by atoms with van der Waals surface area (Å²) in [6.07, 6.45) is 6.35. The molecule has 2 aliphatic heterocycles. The van der Waals surface area contributed by atoms with Gasteiger partial charge in [0.2, 0.25) is 5.91 Å². The maximum atomic E-state index is 12.9. The van der Waals surface area contributed by atoms with E-state index in [4.69, 9.17) is 10.5 Å². The van der Waals surface area contributed by atoms with Crippen molar-refractivity contribution in [3.63, 3.8) is 0 Å². The Bertz CT molecular complexity index is 348. The predicted octanol–water partition coefficient (Wildman–Crippen LogP) is 1.80. The highest BCUT2D eigenvalue weighted by Crippen LogP contribution is 2.37. The van der Waals surface area contributed by atoms with E-state index in [1.807, 2.05) is 0 Å². The standard InChI is InChI=1S/C14H24N2O2S.ClH/c15-14(5-8-18-9-6-14)13(17)16-7-10-19-12-4-2-1-3-11(12)16;/h11-12H,1-10,15H2;1H. The molecule has 3 rings (SSSR count). The lowest BCUT2D eigenvalue weighted by atomic mass is 9.87. The van der Waals surface area contributed by atoms with Gasteiger partial charge in [-0.2, -0.15) is 11.8 Å². The van der Waals surface area contributed by atoms with Crippen LogP contribution in [-0.4, -0.2) is 53.1 Å². The second-order valence-electron chi connectivity index (χ2n) is 6.03. The van der Waals surface area contributed by atoms with Crippen LogP contribution < -0.4 is 5.73 Å². The molecule has 2 saturated heterocycles. The third kappa shape index (κ3) is 3.11. The highest BCUT2D eigenvalue weighted by Gasteiger charge is 2.44. The predicted molar refractivity (Wildman–Crippen MR) is 84.4 cm³/mol. The zero-order chi connectivity index (χ0) is 13.3. The molecule has 4 nitrogen and oxygen atoms in total. The molecule has 2 unspecified atom stereocenters. The summed E-state index contributed by atoms with van der Waals surface area (Å²) in [7, 11) is 0. The molecule has 3 fully saturated rings. The Morgan fingerprint density at radius 3 is 2.70 bits per heavy atom. The van der Waals surface area contributed by atoms with Gasteiger partial charge in [-0.15, -0.1) is 12.4 Å². The summed E-state index contributed by atoms with van der Waals surface area (Å²) in [6.45, 7) is 2.13. The Labute approximate surface area is 131 Å². The molecule has 3 aliphatic rings. The minimum atomic E-state index is -0.664. The van der Waals surface area contributed by atoms with E-state index in [1.165, 1.54) is 19.3 Å². The maximum Gasteiger partial charge on any atom is 0.243 e. The van der Waals surface area contributed by atoms with Crippen molar-refractivity contribution in [1.29, 1.82) is 0 Å². The normalized spacial score (nSPS) is 33.0. The van der Waals surface area contributed by atoms with Gasteiger partial charge in [-0.3, -0.25) is 4.79 Å². The molecule has 0 spiro atoms. The fraction of sp³-hybridized carbons (Fsp3) is 0.929. The van der Waals surface area contributed by atoms with Crippen LogP contribution in [0.15, 0.2) is 0 Å². The lowest BCUT2D eigenvalue weighted by Gasteiger charge is -2.47.